The molecule has 2 heterocycles. The minimum absolute atomic E-state index is 0.680. The van der Waals surface area contributed by atoms with Gasteiger partial charge in [0.2, 0.25) is 0 Å². The zero-order valence-corrected chi connectivity index (χ0v) is 9.87. The number of pyridine rings is 1. The first-order chi connectivity index (χ1) is 7.25. The molecular weight excluding hydrogens is 208 g/mol. The molecule has 0 radical (unpaired) electrons. The maximum absolute atomic E-state index is 5.94. The molecule has 0 bridgehead atoms. The van der Waals surface area contributed by atoms with E-state index in [0.29, 0.717) is 6.04 Å². The van der Waals surface area contributed by atoms with Crippen molar-refractivity contribution < 1.29 is 0 Å². The number of nitrogens with zero attached hydrogens (tertiary/aromatic N) is 2. The van der Waals surface area contributed by atoms with E-state index in [1.54, 1.807) is 6.20 Å². The number of piperidine rings is 1. The summed E-state index contributed by atoms with van der Waals surface area (Å²) in [6.45, 7) is 4.42. The van der Waals surface area contributed by atoms with Crippen LogP contribution in [0.3, 0.4) is 0 Å². The molecule has 15 heavy (non-hydrogen) atoms. The third-order valence-electron chi connectivity index (χ3n) is 3.08. The number of likely N-dealkylation sites (tertiary alicyclic amines) is 1. The summed E-state index contributed by atoms with van der Waals surface area (Å²) >= 11 is 5.94. The van der Waals surface area contributed by atoms with Crippen molar-refractivity contribution >= 4 is 11.6 Å². The predicted octanol–water partition coefficient (Wildman–Crippen LogP) is 3.11. The molecule has 82 valence electrons. The maximum atomic E-state index is 5.94. The lowest BCUT2D eigenvalue weighted by Crippen LogP contribution is -2.36. The van der Waals surface area contributed by atoms with Gasteiger partial charge in [0.1, 0.15) is 0 Å². The Bertz CT molecular complexity index is 327. The van der Waals surface area contributed by atoms with Crippen LogP contribution in [0.25, 0.3) is 0 Å². The summed E-state index contributed by atoms with van der Waals surface area (Å²) < 4.78 is 0. The van der Waals surface area contributed by atoms with Crippen molar-refractivity contribution in [2.45, 2.75) is 38.8 Å². The van der Waals surface area contributed by atoms with Gasteiger partial charge in [0.25, 0.3) is 0 Å². The summed E-state index contributed by atoms with van der Waals surface area (Å²) in [7, 11) is 0. The van der Waals surface area contributed by atoms with E-state index in [-0.39, 0.29) is 0 Å². The van der Waals surface area contributed by atoms with Crippen molar-refractivity contribution in [3.8, 4) is 0 Å². The standard InChI is InChI=1S/C12H17ClN2/c1-10-4-2-3-7-15(10)9-12-8-11(13)5-6-14-12/h5-6,8,10H,2-4,7,9H2,1H3. The molecule has 1 atom stereocenters. The molecule has 0 spiro atoms. The van der Waals surface area contributed by atoms with Gasteiger partial charge in [-0.05, 0) is 38.4 Å². The third-order valence-corrected chi connectivity index (χ3v) is 3.32. The lowest BCUT2D eigenvalue weighted by molar-refractivity contribution is 0.151. The summed E-state index contributed by atoms with van der Waals surface area (Å²) in [6, 6.07) is 4.47. The van der Waals surface area contributed by atoms with Crippen LogP contribution in [0.1, 0.15) is 31.9 Å². The molecule has 0 amide bonds. The molecule has 1 aromatic heterocycles. The van der Waals surface area contributed by atoms with Gasteiger partial charge in [-0.1, -0.05) is 18.0 Å². The first-order valence-electron chi connectivity index (χ1n) is 5.60. The van der Waals surface area contributed by atoms with E-state index >= 15 is 0 Å². The average molecular weight is 225 g/mol. The highest BCUT2D eigenvalue weighted by Crippen LogP contribution is 2.19. The van der Waals surface area contributed by atoms with E-state index in [1.165, 1.54) is 25.8 Å². The van der Waals surface area contributed by atoms with Gasteiger partial charge in [-0.25, -0.2) is 0 Å². The van der Waals surface area contributed by atoms with Crippen molar-refractivity contribution in [3.63, 3.8) is 0 Å². The van der Waals surface area contributed by atoms with Crippen LogP contribution < -0.4 is 0 Å². The van der Waals surface area contributed by atoms with Crippen molar-refractivity contribution in [1.82, 2.24) is 9.88 Å². The SMILES string of the molecule is CC1CCCCN1Cc1cc(Cl)ccn1. The fraction of sp³-hybridized carbons (Fsp3) is 0.583. The summed E-state index contributed by atoms with van der Waals surface area (Å²) in [5, 5.41) is 0.782. The quantitative estimate of drug-likeness (QED) is 0.768. The van der Waals surface area contributed by atoms with Crippen LogP contribution in [-0.2, 0) is 6.54 Å². The molecule has 0 aromatic carbocycles. The summed E-state index contributed by atoms with van der Waals surface area (Å²) in [5.74, 6) is 0. The highest BCUT2D eigenvalue weighted by molar-refractivity contribution is 6.30. The van der Waals surface area contributed by atoms with E-state index in [2.05, 4.69) is 16.8 Å². The molecule has 1 fully saturated rings. The predicted molar refractivity (Wildman–Crippen MR) is 63.0 cm³/mol. The topological polar surface area (TPSA) is 16.1 Å². The number of rotatable bonds is 2. The van der Waals surface area contributed by atoms with E-state index in [0.717, 1.165) is 17.3 Å². The minimum atomic E-state index is 0.680. The number of hydrogen-bond donors (Lipinski definition) is 0. The van der Waals surface area contributed by atoms with Crippen LogP contribution in [0.2, 0.25) is 5.02 Å². The first kappa shape index (κ1) is 10.9. The molecule has 2 rings (SSSR count). The van der Waals surface area contributed by atoms with Gasteiger partial charge in [-0.2, -0.15) is 0 Å². The Kier molecular flexibility index (Phi) is 3.60. The monoisotopic (exact) mass is 224 g/mol. The van der Waals surface area contributed by atoms with E-state index < -0.39 is 0 Å². The lowest BCUT2D eigenvalue weighted by atomic mass is 10.0. The fourth-order valence-corrected chi connectivity index (χ4v) is 2.32. The molecule has 0 aliphatic carbocycles. The van der Waals surface area contributed by atoms with Crippen LogP contribution >= 0.6 is 11.6 Å². The summed E-state index contributed by atoms with van der Waals surface area (Å²) in [6.07, 6.45) is 5.76. The van der Waals surface area contributed by atoms with Crippen LogP contribution in [0.4, 0.5) is 0 Å². The first-order valence-corrected chi connectivity index (χ1v) is 5.98. The van der Waals surface area contributed by atoms with Crippen molar-refractivity contribution in [2.24, 2.45) is 0 Å². The molecule has 1 saturated heterocycles. The molecule has 1 aliphatic heterocycles. The van der Waals surface area contributed by atoms with Gasteiger partial charge >= 0.3 is 0 Å². The second-order valence-corrected chi connectivity index (χ2v) is 4.72. The van der Waals surface area contributed by atoms with Gasteiger partial charge < -0.3 is 0 Å². The molecule has 2 nitrogen and oxygen atoms in total. The smallest absolute Gasteiger partial charge is 0.0558 e. The van der Waals surface area contributed by atoms with Crippen LogP contribution in [0, 0.1) is 0 Å². The van der Waals surface area contributed by atoms with Crippen molar-refractivity contribution in [2.75, 3.05) is 6.54 Å². The molecule has 1 unspecified atom stereocenters. The Morgan fingerprint density at radius 2 is 2.40 bits per heavy atom. The molecule has 0 N–H and O–H groups in total. The highest BCUT2D eigenvalue weighted by Gasteiger charge is 2.18. The summed E-state index contributed by atoms with van der Waals surface area (Å²) in [4.78, 5) is 6.83. The van der Waals surface area contributed by atoms with Gasteiger partial charge in [0.15, 0.2) is 0 Å². The maximum Gasteiger partial charge on any atom is 0.0558 e. The van der Waals surface area contributed by atoms with Crippen molar-refractivity contribution in [1.29, 1.82) is 0 Å². The zero-order valence-electron chi connectivity index (χ0n) is 9.12. The Hall–Kier alpha value is -0.600. The Labute approximate surface area is 96.3 Å². The second kappa shape index (κ2) is 4.95. The second-order valence-electron chi connectivity index (χ2n) is 4.28. The highest BCUT2D eigenvalue weighted by atomic mass is 35.5. The van der Waals surface area contributed by atoms with Gasteiger partial charge in [0.05, 0.1) is 5.69 Å². The lowest BCUT2D eigenvalue weighted by Gasteiger charge is -2.32. The minimum Gasteiger partial charge on any atom is -0.295 e. The largest absolute Gasteiger partial charge is 0.295 e. The number of hydrogen-bond acceptors (Lipinski definition) is 2. The Balaban J connectivity index is 2.01. The van der Waals surface area contributed by atoms with Gasteiger partial charge in [-0.3, -0.25) is 9.88 Å². The Morgan fingerprint density at radius 1 is 1.53 bits per heavy atom. The van der Waals surface area contributed by atoms with E-state index in [9.17, 15) is 0 Å². The van der Waals surface area contributed by atoms with Gasteiger partial charge in [0, 0.05) is 23.8 Å². The summed E-state index contributed by atoms with van der Waals surface area (Å²) in [5.41, 5.74) is 1.08. The average Bonchev–Trinajstić information content (AvgIpc) is 2.22. The molecule has 1 aliphatic rings. The molecule has 3 heteroatoms. The zero-order chi connectivity index (χ0) is 10.7. The molecule has 1 aromatic rings. The third kappa shape index (κ3) is 2.93. The molecular formula is C12H17ClN2. The van der Waals surface area contributed by atoms with Gasteiger partial charge in [-0.15, -0.1) is 0 Å². The van der Waals surface area contributed by atoms with E-state index in [1.807, 2.05) is 12.1 Å². The number of halogens is 1. The fourth-order valence-electron chi connectivity index (χ4n) is 2.14. The van der Waals surface area contributed by atoms with Crippen LogP contribution in [-0.4, -0.2) is 22.5 Å². The van der Waals surface area contributed by atoms with E-state index in [4.69, 9.17) is 11.6 Å². The van der Waals surface area contributed by atoms with Crippen molar-refractivity contribution in [3.05, 3.63) is 29.0 Å². The van der Waals surface area contributed by atoms with Crippen LogP contribution in [0.5, 0.6) is 0 Å². The number of aromatic nitrogens is 1. The van der Waals surface area contributed by atoms with Crippen LogP contribution in [0.15, 0.2) is 18.3 Å². The normalized spacial score (nSPS) is 22.9. The molecule has 0 saturated carbocycles. The Morgan fingerprint density at radius 3 is 3.13 bits per heavy atom.